The molecule has 4 rings (SSSR count). The van der Waals surface area contributed by atoms with E-state index in [0.717, 1.165) is 16.5 Å². The maximum atomic E-state index is 13.0. The fraction of sp³-hybridized carbons (Fsp3) is 0.261. The van der Waals surface area contributed by atoms with E-state index in [0.29, 0.717) is 35.0 Å². The predicted molar refractivity (Wildman–Crippen MR) is 126 cm³/mol. The molecule has 0 spiro atoms. The molecule has 162 valence electrons. The van der Waals surface area contributed by atoms with Crippen molar-refractivity contribution >= 4 is 55.6 Å². The summed E-state index contributed by atoms with van der Waals surface area (Å²) in [6.07, 6.45) is 1.25. The maximum Gasteiger partial charge on any atom is 0.228 e. The molecule has 1 aliphatic rings. The van der Waals surface area contributed by atoms with Gasteiger partial charge in [0.1, 0.15) is 0 Å². The second-order valence-corrected chi connectivity index (χ2v) is 10.5. The first-order valence-corrected chi connectivity index (χ1v) is 12.4. The van der Waals surface area contributed by atoms with E-state index in [9.17, 15) is 13.2 Å². The molecule has 0 bridgehead atoms. The van der Waals surface area contributed by atoms with Crippen LogP contribution >= 0.6 is 23.2 Å². The van der Waals surface area contributed by atoms with Gasteiger partial charge in [0.2, 0.25) is 15.9 Å². The molecule has 3 aromatic rings. The Morgan fingerprint density at radius 3 is 2.45 bits per heavy atom. The fourth-order valence-electron chi connectivity index (χ4n) is 3.92. The zero-order valence-electron chi connectivity index (χ0n) is 16.7. The zero-order valence-corrected chi connectivity index (χ0v) is 19.1. The van der Waals surface area contributed by atoms with Crippen molar-refractivity contribution in [2.75, 3.05) is 18.4 Å². The van der Waals surface area contributed by atoms with Gasteiger partial charge in [-0.15, -0.1) is 0 Å². The molecule has 1 aliphatic heterocycles. The molecule has 0 aromatic heterocycles. The standard InChI is InChI=1S/C23H22Cl2N2O3S/c24-20-10-4-11-21(25)19(20)15-31(29,30)27-13-5-8-17(14-27)23(28)26-22-12-3-7-16-6-1-2-9-18(16)22/h1-4,6-7,9-12,17H,5,8,13-15H2,(H,26,28)/t17-/m0/s1. The van der Waals surface area contributed by atoms with Crippen LogP contribution < -0.4 is 5.32 Å². The molecule has 31 heavy (non-hydrogen) atoms. The topological polar surface area (TPSA) is 66.5 Å². The predicted octanol–water partition coefficient (Wildman–Crippen LogP) is 5.33. The van der Waals surface area contributed by atoms with Gasteiger partial charge in [-0.2, -0.15) is 0 Å². The highest BCUT2D eigenvalue weighted by molar-refractivity contribution is 7.88. The van der Waals surface area contributed by atoms with Gasteiger partial charge < -0.3 is 5.32 Å². The van der Waals surface area contributed by atoms with E-state index >= 15 is 0 Å². The molecular formula is C23H22Cl2N2O3S. The minimum Gasteiger partial charge on any atom is -0.325 e. The minimum atomic E-state index is -3.67. The maximum absolute atomic E-state index is 13.0. The number of carbonyl (C=O) groups is 1. The smallest absolute Gasteiger partial charge is 0.228 e. The van der Waals surface area contributed by atoms with Gasteiger partial charge in [-0.05, 0) is 36.4 Å². The van der Waals surface area contributed by atoms with E-state index in [2.05, 4.69) is 5.32 Å². The van der Waals surface area contributed by atoms with Crippen LogP contribution in [0, 0.1) is 5.92 Å². The molecule has 1 saturated heterocycles. The quantitative estimate of drug-likeness (QED) is 0.541. The summed E-state index contributed by atoms with van der Waals surface area (Å²) in [4.78, 5) is 13.0. The van der Waals surface area contributed by atoms with Crippen molar-refractivity contribution < 1.29 is 13.2 Å². The minimum absolute atomic E-state index is 0.140. The van der Waals surface area contributed by atoms with Gasteiger partial charge in [0, 0.05) is 39.8 Å². The summed E-state index contributed by atoms with van der Waals surface area (Å²) in [5.74, 6) is -0.889. The number of fused-ring (bicyclic) bond motifs is 1. The highest BCUT2D eigenvalue weighted by Crippen LogP contribution is 2.30. The Morgan fingerprint density at radius 2 is 1.68 bits per heavy atom. The molecule has 0 radical (unpaired) electrons. The molecule has 8 heteroatoms. The van der Waals surface area contributed by atoms with Crippen LogP contribution in [0.25, 0.3) is 10.8 Å². The first-order valence-electron chi connectivity index (χ1n) is 10.0. The Labute approximate surface area is 192 Å². The van der Waals surface area contributed by atoms with E-state index in [4.69, 9.17) is 23.2 Å². The Kier molecular flexibility index (Phi) is 6.53. The van der Waals surface area contributed by atoms with Crippen LogP contribution in [0.15, 0.2) is 60.7 Å². The van der Waals surface area contributed by atoms with E-state index in [1.54, 1.807) is 18.2 Å². The van der Waals surface area contributed by atoms with Gasteiger partial charge in [-0.3, -0.25) is 4.79 Å². The number of benzene rings is 3. The van der Waals surface area contributed by atoms with Crippen LogP contribution in [0.3, 0.4) is 0 Å². The lowest BCUT2D eigenvalue weighted by Crippen LogP contribution is -2.44. The Bertz CT molecular complexity index is 1200. The van der Waals surface area contributed by atoms with Crippen molar-refractivity contribution in [3.63, 3.8) is 0 Å². The van der Waals surface area contributed by atoms with Crippen LogP contribution in [-0.2, 0) is 20.6 Å². The molecule has 1 amide bonds. The third-order valence-electron chi connectivity index (χ3n) is 5.58. The van der Waals surface area contributed by atoms with Gasteiger partial charge in [-0.1, -0.05) is 65.7 Å². The van der Waals surface area contributed by atoms with Gasteiger partial charge in [0.05, 0.1) is 11.7 Å². The highest BCUT2D eigenvalue weighted by atomic mass is 35.5. The third kappa shape index (κ3) is 4.88. The molecule has 0 unspecified atom stereocenters. The lowest BCUT2D eigenvalue weighted by molar-refractivity contribution is -0.120. The van der Waals surface area contributed by atoms with Crippen LogP contribution in [0.4, 0.5) is 5.69 Å². The third-order valence-corrected chi connectivity index (χ3v) is 8.06. The lowest BCUT2D eigenvalue weighted by atomic mass is 9.98. The molecule has 1 fully saturated rings. The number of anilines is 1. The van der Waals surface area contributed by atoms with Gasteiger partial charge in [0.25, 0.3) is 0 Å². The summed E-state index contributed by atoms with van der Waals surface area (Å²) >= 11 is 12.3. The van der Waals surface area contributed by atoms with Crippen molar-refractivity contribution in [1.29, 1.82) is 0 Å². The summed E-state index contributed by atoms with van der Waals surface area (Å²) in [5.41, 5.74) is 1.11. The number of hydrogen-bond donors (Lipinski definition) is 1. The Morgan fingerprint density at radius 1 is 1.00 bits per heavy atom. The van der Waals surface area contributed by atoms with Gasteiger partial charge in [-0.25, -0.2) is 12.7 Å². The molecular weight excluding hydrogens is 455 g/mol. The fourth-order valence-corrected chi connectivity index (χ4v) is 6.28. The molecule has 1 atom stereocenters. The largest absolute Gasteiger partial charge is 0.325 e. The Balaban J connectivity index is 1.49. The summed E-state index contributed by atoms with van der Waals surface area (Å²) in [6.45, 7) is 0.517. The average Bonchev–Trinajstić information content (AvgIpc) is 2.77. The number of nitrogens with zero attached hydrogens (tertiary/aromatic N) is 1. The van der Waals surface area contributed by atoms with Gasteiger partial charge >= 0.3 is 0 Å². The highest BCUT2D eigenvalue weighted by Gasteiger charge is 2.33. The monoisotopic (exact) mass is 476 g/mol. The van der Waals surface area contributed by atoms with E-state index in [-0.39, 0.29) is 18.2 Å². The van der Waals surface area contributed by atoms with Crippen LogP contribution in [-0.4, -0.2) is 31.7 Å². The summed E-state index contributed by atoms with van der Waals surface area (Å²) in [5, 5.41) is 5.61. The molecule has 0 saturated carbocycles. The number of nitrogens with one attached hydrogen (secondary N) is 1. The number of hydrogen-bond acceptors (Lipinski definition) is 3. The molecule has 5 nitrogen and oxygen atoms in total. The van der Waals surface area contributed by atoms with Crippen molar-refractivity contribution in [3.8, 4) is 0 Å². The molecule has 1 heterocycles. The second kappa shape index (κ2) is 9.17. The van der Waals surface area contributed by atoms with Crippen molar-refractivity contribution in [3.05, 3.63) is 76.3 Å². The number of rotatable bonds is 5. The number of piperidine rings is 1. The molecule has 3 aromatic carbocycles. The number of halogens is 2. The van der Waals surface area contributed by atoms with E-state index < -0.39 is 15.9 Å². The zero-order chi connectivity index (χ0) is 22.0. The first kappa shape index (κ1) is 22.1. The van der Waals surface area contributed by atoms with Crippen molar-refractivity contribution in [2.24, 2.45) is 5.92 Å². The van der Waals surface area contributed by atoms with E-state index in [1.807, 2.05) is 42.5 Å². The second-order valence-electron chi connectivity index (χ2n) is 7.67. The SMILES string of the molecule is O=C(Nc1cccc2ccccc12)[C@H]1CCCN(S(=O)(=O)Cc2c(Cl)cccc2Cl)C1. The first-order chi connectivity index (χ1) is 14.8. The Hall–Kier alpha value is -2.12. The number of carbonyl (C=O) groups excluding carboxylic acids is 1. The van der Waals surface area contributed by atoms with Gasteiger partial charge in [0.15, 0.2) is 0 Å². The van der Waals surface area contributed by atoms with Crippen molar-refractivity contribution in [1.82, 2.24) is 4.31 Å². The average molecular weight is 477 g/mol. The summed E-state index contributed by atoms with van der Waals surface area (Å²) in [6, 6.07) is 18.5. The van der Waals surface area contributed by atoms with E-state index in [1.165, 1.54) is 4.31 Å². The summed E-state index contributed by atoms with van der Waals surface area (Å²) in [7, 11) is -3.67. The van der Waals surface area contributed by atoms with Crippen molar-refractivity contribution in [2.45, 2.75) is 18.6 Å². The van der Waals surface area contributed by atoms with Crippen LogP contribution in [0.5, 0.6) is 0 Å². The van der Waals surface area contributed by atoms with Crippen LogP contribution in [0.2, 0.25) is 10.0 Å². The normalized spacial score (nSPS) is 17.5. The number of sulfonamides is 1. The number of amides is 1. The van der Waals surface area contributed by atoms with Crippen LogP contribution in [0.1, 0.15) is 18.4 Å². The summed E-state index contributed by atoms with van der Waals surface area (Å²) < 4.78 is 27.5. The molecule has 1 N–H and O–H groups in total. The molecule has 0 aliphatic carbocycles. The lowest BCUT2D eigenvalue weighted by Gasteiger charge is -2.31.